The van der Waals surface area contributed by atoms with E-state index in [0.717, 1.165) is 17.8 Å². The predicted molar refractivity (Wildman–Crippen MR) is 66.0 cm³/mol. The summed E-state index contributed by atoms with van der Waals surface area (Å²) in [4.78, 5) is 4.49. The number of aromatic nitrogens is 3. The van der Waals surface area contributed by atoms with Crippen LogP contribution in [0.15, 0.2) is 12.1 Å². The van der Waals surface area contributed by atoms with Gasteiger partial charge in [0.15, 0.2) is 5.65 Å². The van der Waals surface area contributed by atoms with Gasteiger partial charge >= 0.3 is 0 Å². The topological polar surface area (TPSA) is 74.7 Å². The third kappa shape index (κ3) is 1.65. The van der Waals surface area contributed by atoms with Crippen LogP contribution in [-0.4, -0.2) is 27.8 Å². The van der Waals surface area contributed by atoms with E-state index in [1.165, 1.54) is 0 Å². The van der Waals surface area contributed by atoms with Crippen molar-refractivity contribution >= 4 is 11.5 Å². The average molecular weight is 248 g/mol. The monoisotopic (exact) mass is 248 g/mol. The van der Waals surface area contributed by atoms with Crippen LogP contribution in [0, 0.1) is 0 Å². The van der Waals surface area contributed by atoms with Crippen molar-refractivity contribution in [1.82, 2.24) is 14.6 Å². The molecule has 96 valence electrons. The van der Waals surface area contributed by atoms with Crippen LogP contribution in [0.4, 0.5) is 5.82 Å². The number of nitrogens with zero attached hydrogens (tertiary/aromatic N) is 3. The van der Waals surface area contributed by atoms with Crippen LogP contribution in [0.3, 0.4) is 0 Å². The molecule has 0 unspecified atom stereocenters. The first-order valence-corrected chi connectivity index (χ1v) is 6.06. The van der Waals surface area contributed by atoms with E-state index >= 15 is 0 Å². The summed E-state index contributed by atoms with van der Waals surface area (Å²) in [6, 6.07) is 3.70. The Balaban J connectivity index is 2.13. The third-order valence-corrected chi connectivity index (χ3v) is 3.17. The molecule has 1 aliphatic heterocycles. The maximum absolute atomic E-state index is 5.97. The van der Waals surface area contributed by atoms with Gasteiger partial charge in [0, 0.05) is 17.8 Å². The Bertz CT molecular complexity index is 587. The molecule has 0 bridgehead atoms. The van der Waals surface area contributed by atoms with Gasteiger partial charge in [-0.3, -0.25) is 0 Å². The zero-order chi connectivity index (χ0) is 12.8. The van der Waals surface area contributed by atoms with Crippen molar-refractivity contribution in [2.75, 3.05) is 18.9 Å². The average Bonchev–Trinajstić information content (AvgIpc) is 2.96. The van der Waals surface area contributed by atoms with E-state index < -0.39 is 5.79 Å². The van der Waals surface area contributed by atoms with E-state index in [0.29, 0.717) is 24.7 Å². The van der Waals surface area contributed by atoms with E-state index in [4.69, 9.17) is 15.2 Å². The Morgan fingerprint density at radius 3 is 2.78 bits per heavy atom. The fourth-order valence-electron chi connectivity index (χ4n) is 2.12. The zero-order valence-corrected chi connectivity index (χ0v) is 10.5. The SMILES string of the molecule is CCc1cc(N)n2nc(C3(C)OCCO3)cc2n1. The maximum atomic E-state index is 5.97. The molecule has 0 atom stereocenters. The highest BCUT2D eigenvalue weighted by atomic mass is 16.7. The molecule has 1 aliphatic rings. The molecular weight excluding hydrogens is 232 g/mol. The predicted octanol–water partition coefficient (Wildman–Crippen LogP) is 1.09. The normalized spacial score (nSPS) is 18.6. The fourth-order valence-corrected chi connectivity index (χ4v) is 2.12. The van der Waals surface area contributed by atoms with Crippen molar-refractivity contribution in [2.24, 2.45) is 0 Å². The summed E-state index contributed by atoms with van der Waals surface area (Å²) in [6.07, 6.45) is 0.839. The van der Waals surface area contributed by atoms with Crippen molar-refractivity contribution in [1.29, 1.82) is 0 Å². The van der Waals surface area contributed by atoms with Crippen molar-refractivity contribution in [2.45, 2.75) is 26.1 Å². The lowest BCUT2D eigenvalue weighted by atomic mass is 10.2. The molecule has 0 radical (unpaired) electrons. The van der Waals surface area contributed by atoms with E-state index in [-0.39, 0.29) is 0 Å². The van der Waals surface area contributed by atoms with Crippen molar-refractivity contribution in [3.05, 3.63) is 23.5 Å². The lowest BCUT2D eigenvalue weighted by Crippen LogP contribution is -2.23. The second kappa shape index (κ2) is 3.93. The maximum Gasteiger partial charge on any atom is 0.211 e. The Labute approximate surface area is 105 Å². The van der Waals surface area contributed by atoms with Crippen molar-refractivity contribution < 1.29 is 9.47 Å². The molecule has 2 aromatic rings. The van der Waals surface area contributed by atoms with Gasteiger partial charge in [-0.25, -0.2) is 4.98 Å². The molecule has 0 amide bonds. The van der Waals surface area contributed by atoms with Crippen LogP contribution in [0.5, 0.6) is 0 Å². The van der Waals surface area contributed by atoms with Gasteiger partial charge in [0.1, 0.15) is 11.5 Å². The number of nitrogen functional groups attached to an aromatic ring is 1. The number of nitrogens with two attached hydrogens (primary N) is 1. The number of fused-ring (bicyclic) bond motifs is 1. The fraction of sp³-hybridized carbons (Fsp3) is 0.500. The van der Waals surface area contributed by atoms with E-state index in [1.54, 1.807) is 4.52 Å². The Kier molecular flexibility index (Phi) is 2.49. The van der Waals surface area contributed by atoms with Gasteiger partial charge < -0.3 is 15.2 Å². The van der Waals surface area contributed by atoms with Gasteiger partial charge in [0.2, 0.25) is 5.79 Å². The molecule has 1 saturated heterocycles. The summed E-state index contributed by atoms with van der Waals surface area (Å²) in [5.41, 5.74) is 8.34. The van der Waals surface area contributed by atoms with E-state index in [1.807, 2.05) is 26.0 Å². The van der Waals surface area contributed by atoms with Gasteiger partial charge in [0.25, 0.3) is 0 Å². The molecule has 6 heteroatoms. The quantitative estimate of drug-likeness (QED) is 0.861. The molecule has 1 fully saturated rings. The molecular formula is C12H16N4O2. The molecule has 0 saturated carbocycles. The molecule has 0 spiro atoms. The molecule has 3 heterocycles. The molecule has 3 rings (SSSR count). The van der Waals surface area contributed by atoms with Crippen molar-refractivity contribution in [3.8, 4) is 0 Å². The van der Waals surface area contributed by atoms with Crippen LogP contribution >= 0.6 is 0 Å². The number of hydrogen-bond donors (Lipinski definition) is 1. The van der Waals surface area contributed by atoms with Crippen LogP contribution < -0.4 is 5.73 Å². The van der Waals surface area contributed by atoms with Gasteiger partial charge in [-0.1, -0.05) is 6.92 Å². The first-order chi connectivity index (χ1) is 8.62. The van der Waals surface area contributed by atoms with Crippen LogP contribution in [0.1, 0.15) is 25.2 Å². The molecule has 0 aromatic carbocycles. The minimum absolute atomic E-state index is 0.574. The molecule has 2 aromatic heterocycles. The summed E-state index contributed by atoms with van der Waals surface area (Å²) in [5, 5.41) is 4.42. The van der Waals surface area contributed by atoms with Gasteiger partial charge in [-0.05, 0) is 13.3 Å². The highest BCUT2D eigenvalue weighted by Gasteiger charge is 2.36. The summed E-state index contributed by atoms with van der Waals surface area (Å²) in [7, 11) is 0. The van der Waals surface area contributed by atoms with Crippen LogP contribution in [0.25, 0.3) is 5.65 Å². The van der Waals surface area contributed by atoms with Gasteiger partial charge in [-0.2, -0.15) is 9.61 Å². The summed E-state index contributed by atoms with van der Waals surface area (Å²) in [6.45, 7) is 5.06. The second-order valence-corrected chi connectivity index (χ2v) is 4.47. The number of rotatable bonds is 2. The Morgan fingerprint density at radius 2 is 2.11 bits per heavy atom. The first kappa shape index (κ1) is 11.4. The second-order valence-electron chi connectivity index (χ2n) is 4.47. The largest absolute Gasteiger partial charge is 0.384 e. The zero-order valence-electron chi connectivity index (χ0n) is 10.5. The highest BCUT2D eigenvalue weighted by Crippen LogP contribution is 2.30. The number of hydrogen-bond acceptors (Lipinski definition) is 5. The number of ether oxygens (including phenoxy) is 2. The minimum atomic E-state index is -0.785. The summed E-state index contributed by atoms with van der Waals surface area (Å²) < 4.78 is 12.8. The lowest BCUT2D eigenvalue weighted by Gasteiger charge is -2.18. The summed E-state index contributed by atoms with van der Waals surface area (Å²) in [5.74, 6) is -0.211. The minimum Gasteiger partial charge on any atom is -0.384 e. The number of aryl methyl sites for hydroxylation is 1. The molecule has 2 N–H and O–H groups in total. The summed E-state index contributed by atoms with van der Waals surface area (Å²) >= 11 is 0. The van der Waals surface area contributed by atoms with Crippen LogP contribution in [0.2, 0.25) is 0 Å². The molecule has 0 aliphatic carbocycles. The first-order valence-electron chi connectivity index (χ1n) is 6.06. The van der Waals surface area contributed by atoms with Gasteiger partial charge in [-0.15, -0.1) is 0 Å². The standard InChI is InChI=1S/C12H16N4O2/c1-3-8-6-10(13)16-11(14-8)7-9(15-16)12(2)17-4-5-18-12/h6-7H,3-5,13H2,1-2H3. The lowest BCUT2D eigenvalue weighted by molar-refractivity contribution is -0.152. The smallest absolute Gasteiger partial charge is 0.211 e. The molecule has 6 nitrogen and oxygen atoms in total. The third-order valence-electron chi connectivity index (χ3n) is 3.17. The Hall–Kier alpha value is -1.66. The van der Waals surface area contributed by atoms with Crippen molar-refractivity contribution in [3.63, 3.8) is 0 Å². The van der Waals surface area contributed by atoms with Gasteiger partial charge in [0.05, 0.1) is 13.2 Å². The molecule has 18 heavy (non-hydrogen) atoms. The Morgan fingerprint density at radius 1 is 1.39 bits per heavy atom. The van der Waals surface area contributed by atoms with E-state index in [2.05, 4.69) is 10.1 Å². The van der Waals surface area contributed by atoms with E-state index in [9.17, 15) is 0 Å². The highest BCUT2D eigenvalue weighted by molar-refractivity contribution is 5.48. The van der Waals surface area contributed by atoms with Crippen LogP contribution in [-0.2, 0) is 21.7 Å². The number of anilines is 1.